The first-order valence-electron chi connectivity index (χ1n) is 8.87. The lowest BCUT2D eigenvalue weighted by Gasteiger charge is -2.46. The molecule has 0 aromatic heterocycles. The van der Waals surface area contributed by atoms with Crippen molar-refractivity contribution < 1.29 is 18.8 Å². The summed E-state index contributed by atoms with van der Waals surface area (Å²) in [5, 5.41) is 1.71. The van der Waals surface area contributed by atoms with Gasteiger partial charge in [0.2, 0.25) is 0 Å². The Bertz CT molecular complexity index is 933. The van der Waals surface area contributed by atoms with Crippen LogP contribution in [0.1, 0.15) is 56.1 Å². The fraction of sp³-hybridized carbons (Fsp3) is 0.421. The summed E-state index contributed by atoms with van der Waals surface area (Å²) in [6, 6.07) is 2.84. The van der Waals surface area contributed by atoms with E-state index in [0.717, 1.165) is 55.1 Å². The first-order chi connectivity index (χ1) is 12.4. The van der Waals surface area contributed by atoms with Gasteiger partial charge in [0.1, 0.15) is 5.82 Å². The lowest BCUT2D eigenvalue weighted by atomic mass is 9.77. The van der Waals surface area contributed by atoms with Gasteiger partial charge in [0, 0.05) is 11.1 Å². The number of carbonyl (C=O) groups excluding carboxylic acids is 3. The maximum atomic E-state index is 14.3. The van der Waals surface area contributed by atoms with E-state index in [1.165, 1.54) is 12.1 Å². The molecule has 5 rings (SSSR count). The molecule has 3 aliphatic heterocycles. The molecule has 1 N–H and O–H groups in total. The number of fused-ring (bicyclic) bond motifs is 1. The van der Waals surface area contributed by atoms with Crippen molar-refractivity contribution in [3.05, 3.63) is 34.0 Å². The Morgan fingerprint density at radius 3 is 2.62 bits per heavy atom. The van der Waals surface area contributed by atoms with Crippen LogP contribution in [-0.2, 0) is 9.59 Å². The van der Waals surface area contributed by atoms with E-state index >= 15 is 0 Å². The number of carbonyl (C=O) groups is 3. The lowest BCUT2D eigenvalue weighted by Crippen LogP contribution is -2.52. The second-order valence-corrected chi connectivity index (χ2v) is 8.60. The van der Waals surface area contributed by atoms with Crippen LogP contribution in [0.4, 0.5) is 14.9 Å². The van der Waals surface area contributed by atoms with Gasteiger partial charge in [0.25, 0.3) is 17.1 Å². The number of nitrogens with zero attached hydrogens (tertiary/aromatic N) is 1. The molecule has 1 saturated heterocycles. The van der Waals surface area contributed by atoms with Crippen molar-refractivity contribution in [2.45, 2.75) is 50.5 Å². The molecule has 26 heavy (non-hydrogen) atoms. The quantitative estimate of drug-likeness (QED) is 0.706. The van der Waals surface area contributed by atoms with Gasteiger partial charge in [-0.25, -0.2) is 4.39 Å². The van der Waals surface area contributed by atoms with Crippen molar-refractivity contribution >= 4 is 40.1 Å². The molecule has 0 radical (unpaired) electrons. The first kappa shape index (κ1) is 16.1. The summed E-state index contributed by atoms with van der Waals surface area (Å²) in [5.41, 5.74) is 1.93. The molecule has 134 valence electrons. The van der Waals surface area contributed by atoms with Crippen LogP contribution in [0.2, 0.25) is 0 Å². The molecule has 3 heterocycles. The van der Waals surface area contributed by atoms with Crippen LogP contribution in [-0.4, -0.2) is 22.6 Å². The number of nitrogens with one attached hydrogen (secondary N) is 1. The zero-order valence-electron chi connectivity index (χ0n) is 14.2. The van der Waals surface area contributed by atoms with Gasteiger partial charge in [0.05, 0.1) is 16.2 Å². The normalized spacial score (nSPS) is 28.9. The Kier molecular flexibility index (Phi) is 3.20. The average molecular weight is 372 g/mol. The predicted octanol–water partition coefficient (Wildman–Crippen LogP) is 3.69. The third-order valence-electron chi connectivity index (χ3n) is 6.08. The molecule has 0 bridgehead atoms. The molecule has 1 aromatic carbocycles. The van der Waals surface area contributed by atoms with Gasteiger partial charge in [-0.2, -0.15) is 0 Å². The van der Waals surface area contributed by atoms with E-state index < -0.39 is 17.0 Å². The maximum Gasteiger partial charge on any atom is 0.290 e. The number of thioether (sulfide) groups is 1. The third-order valence-corrected chi connectivity index (χ3v) is 6.96. The molecule has 1 saturated carbocycles. The van der Waals surface area contributed by atoms with Gasteiger partial charge in [-0.3, -0.25) is 19.7 Å². The van der Waals surface area contributed by atoms with Gasteiger partial charge in [-0.05, 0) is 54.6 Å². The molecule has 1 aliphatic carbocycles. The van der Waals surface area contributed by atoms with Crippen LogP contribution in [0, 0.1) is 5.82 Å². The van der Waals surface area contributed by atoms with Crippen LogP contribution >= 0.6 is 11.8 Å². The van der Waals surface area contributed by atoms with E-state index in [-0.39, 0.29) is 27.8 Å². The van der Waals surface area contributed by atoms with E-state index in [9.17, 15) is 18.8 Å². The first-order valence-corrected chi connectivity index (χ1v) is 9.69. The monoisotopic (exact) mass is 372 g/mol. The van der Waals surface area contributed by atoms with E-state index in [1.54, 1.807) is 0 Å². The largest absolute Gasteiger partial charge is 0.301 e. The van der Waals surface area contributed by atoms with Crippen LogP contribution < -0.4 is 10.2 Å². The number of imide groups is 1. The van der Waals surface area contributed by atoms with Crippen molar-refractivity contribution in [3.63, 3.8) is 0 Å². The topological polar surface area (TPSA) is 66.5 Å². The second-order valence-electron chi connectivity index (χ2n) is 7.62. The van der Waals surface area contributed by atoms with Gasteiger partial charge >= 0.3 is 0 Å². The number of anilines is 1. The van der Waals surface area contributed by atoms with Crippen LogP contribution in [0.15, 0.2) is 17.0 Å². The molecule has 7 heteroatoms. The molecule has 1 unspecified atom stereocenters. The van der Waals surface area contributed by atoms with Crippen molar-refractivity contribution in [3.8, 4) is 0 Å². The number of benzene rings is 1. The number of halogens is 1. The average Bonchev–Trinajstić information content (AvgIpc) is 3.23. The Hall–Kier alpha value is -2.15. The summed E-state index contributed by atoms with van der Waals surface area (Å²) in [5.74, 6) is -1.13. The Morgan fingerprint density at radius 2 is 1.96 bits per heavy atom. The molecule has 1 aromatic rings. The molecule has 3 amide bonds. The number of rotatable bonds is 0. The molecular formula is C19H17FN2O3S. The predicted molar refractivity (Wildman–Crippen MR) is 96.2 cm³/mol. The highest BCUT2D eigenvalue weighted by molar-refractivity contribution is 8.18. The Morgan fingerprint density at radius 1 is 1.23 bits per heavy atom. The number of hydrogen-bond donors (Lipinski definition) is 1. The highest BCUT2D eigenvalue weighted by Gasteiger charge is 2.54. The second kappa shape index (κ2) is 5.19. The third kappa shape index (κ3) is 1.95. The maximum absolute atomic E-state index is 14.3. The summed E-state index contributed by atoms with van der Waals surface area (Å²) >= 11 is 0.725. The van der Waals surface area contributed by atoms with E-state index in [4.69, 9.17) is 0 Å². The zero-order chi connectivity index (χ0) is 18.2. The summed E-state index contributed by atoms with van der Waals surface area (Å²) in [7, 11) is 0. The van der Waals surface area contributed by atoms with Crippen molar-refractivity contribution in [1.82, 2.24) is 5.32 Å². The van der Waals surface area contributed by atoms with Gasteiger partial charge < -0.3 is 4.90 Å². The summed E-state index contributed by atoms with van der Waals surface area (Å²) in [6.45, 7) is 2.07. The SMILES string of the molecule is CC1CC2(CCCC2)N2C(=O)C(=C3SC(=O)NC3=O)c3cc(F)cc1c32. The van der Waals surface area contributed by atoms with Crippen LogP contribution in [0.5, 0.6) is 0 Å². The summed E-state index contributed by atoms with van der Waals surface area (Å²) in [6.07, 6.45) is 4.75. The van der Waals surface area contributed by atoms with Crippen molar-refractivity contribution in [1.29, 1.82) is 0 Å². The van der Waals surface area contributed by atoms with E-state index in [0.29, 0.717) is 5.56 Å². The fourth-order valence-corrected chi connectivity index (χ4v) is 5.92. The van der Waals surface area contributed by atoms with Gasteiger partial charge in [-0.15, -0.1) is 0 Å². The van der Waals surface area contributed by atoms with Crippen molar-refractivity contribution in [2.75, 3.05) is 4.90 Å². The molecule has 4 aliphatic rings. The van der Waals surface area contributed by atoms with E-state index in [1.807, 2.05) is 4.90 Å². The minimum Gasteiger partial charge on any atom is -0.301 e. The molecule has 1 spiro atoms. The van der Waals surface area contributed by atoms with Crippen LogP contribution in [0.25, 0.3) is 5.57 Å². The summed E-state index contributed by atoms with van der Waals surface area (Å²) < 4.78 is 14.3. The Labute approximate surface area is 154 Å². The number of amides is 3. The van der Waals surface area contributed by atoms with E-state index in [2.05, 4.69) is 12.2 Å². The lowest BCUT2D eigenvalue weighted by molar-refractivity contribution is -0.117. The Balaban J connectivity index is 1.81. The van der Waals surface area contributed by atoms with Crippen LogP contribution in [0.3, 0.4) is 0 Å². The highest BCUT2D eigenvalue weighted by Crippen LogP contribution is 2.57. The zero-order valence-corrected chi connectivity index (χ0v) is 15.0. The summed E-state index contributed by atoms with van der Waals surface area (Å²) in [4.78, 5) is 39.2. The molecule has 2 fully saturated rings. The standard InChI is InChI=1S/C19H17FN2O3S/c1-9-8-19(4-2-3-5-19)22-14-11(9)6-10(20)7-12(14)13(17(22)24)15-16(23)21-18(25)26-15/h6-7,9H,2-5,8H2,1H3,(H,21,23,25). The number of hydrogen-bond acceptors (Lipinski definition) is 4. The highest BCUT2D eigenvalue weighted by atomic mass is 32.2. The van der Waals surface area contributed by atoms with Gasteiger partial charge in [0.15, 0.2) is 0 Å². The smallest absolute Gasteiger partial charge is 0.290 e. The molecule has 5 nitrogen and oxygen atoms in total. The molecule has 1 atom stereocenters. The van der Waals surface area contributed by atoms with Crippen molar-refractivity contribution in [2.24, 2.45) is 0 Å². The fourth-order valence-electron chi connectivity index (χ4n) is 5.15. The minimum absolute atomic E-state index is 0.0861. The molecular weight excluding hydrogens is 355 g/mol. The minimum atomic E-state index is -0.574. The van der Waals surface area contributed by atoms with Gasteiger partial charge in [-0.1, -0.05) is 19.8 Å².